The zero-order valence-electron chi connectivity index (χ0n) is 12.6. The number of carbonyl (C=O) groups is 1. The van der Waals surface area contributed by atoms with Crippen LogP contribution in [0.4, 0.5) is 0 Å². The summed E-state index contributed by atoms with van der Waals surface area (Å²) in [5.41, 5.74) is -0.718. The number of amides is 1. The molecule has 0 bridgehead atoms. The summed E-state index contributed by atoms with van der Waals surface area (Å²) in [4.78, 5) is 14.7. The van der Waals surface area contributed by atoms with Gasteiger partial charge in [-0.2, -0.15) is 5.26 Å². The van der Waals surface area contributed by atoms with Crippen LogP contribution >= 0.6 is 0 Å². The largest absolute Gasteiger partial charge is 0.381 e. The van der Waals surface area contributed by atoms with Gasteiger partial charge in [-0.3, -0.25) is 4.79 Å². The Hall–Kier alpha value is -1.12. The van der Waals surface area contributed by atoms with Crippen LogP contribution in [0.25, 0.3) is 0 Å². The molecule has 112 valence electrons. The number of piperidine rings is 1. The summed E-state index contributed by atoms with van der Waals surface area (Å²) < 4.78 is 5.27. The van der Waals surface area contributed by atoms with Crippen LogP contribution < -0.4 is 5.32 Å². The van der Waals surface area contributed by atoms with Crippen LogP contribution in [0.5, 0.6) is 0 Å². The molecule has 2 aliphatic heterocycles. The average molecular weight is 279 g/mol. The van der Waals surface area contributed by atoms with Crippen molar-refractivity contribution in [3.05, 3.63) is 0 Å². The van der Waals surface area contributed by atoms with Crippen molar-refractivity contribution in [1.82, 2.24) is 10.2 Å². The summed E-state index contributed by atoms with van der Waals surface area (Å²) in [6.45, 7) is 6.05. The smallest absolute Gasteiger partial charge is 0.240 e. The number of nitriles is 1. The Bertz CT molecular complexity index is 388. The monoisotopic (exact) mass is 279 g/mol. The highest BCUT2D eigenvalue weighted by Gasteiger charge is 2.41. The first kappa shape index (κ1) is 15.3. The number of nitrogens with one attached hydrogen (secondary N) is 1. The number of hydrogen-bond acceptors (Lipinski definition) is 4. The lowest BCUT2D eigenvalue weighted by molar-refractivity contribution is -0.133. The van der Waals surface area contributed by atoms with Crippen molar-refractivity contribution in [3.8, 4) is 6.07 Å². The Kier molecular flexibility index (Phi) is 4.66. The molecule has 2 fully saturated rings. The standard InChI is InChI=1S/C15H25N3O2/c1-14(3-7-18(2)8-4-14)12-17-13(19)15(11-16)5-9-20-10-6-15/h3-10,12H2,1-2H3,(H,17,19). The molecule has 0 saturated carbocycles. The Morgan fingerprint density at radius 2 is 1.90 bits per heavy atom. The molecular formula is C15H25N3O2. The van der Waals surface area contributed by atoms with Gasteiger partial charge < -0.3 is 15.0 Å². The second-order valence-electron chi connectivity index (χ2n) is 6.60. The predicted octanol–water partition coefficient (Wildman–Crippen LogP) is 1.15. The highest BCUT2D eigenvalue weighted by atomic mass is 16.5. The Balaban J connectivity index is 1.89. The first-order valence-electron chi connectivity index (χ1n) is 7.46. The van der Waals surface area contributed by atoms with E-state index in [0.717, 1.165) is 25.9 Å². The number of likely N-dealkylation sites (tertiary alicyclic amines) is 1. The van der Waals surface area contributed by atoms with Crippen LogP contribution in [0.3, 0.4) is 0 Å². The number of carbonyl (C=O) groups excluding carboxylic acids is 1. The third kappa shape index (κ3) is 3.31. The van der Waals surface area contributed by atoms with Crippen LogP contribution in [0.1, 0.15) is 32.6 Å². The zero-order chi connectivity index (χ0) is 14.6. The van der Waals surface area contributed by atoms with Gasteiger partial charge in [0.15, 0.2) is 0 Å². The molecule has 5 heteroatoms. The van der Waals surface area contributed by atoms with Crippen LogP contribution in [-0.2, 0) is 9.53 Å². The second kappa shape index (κ2) is 6.11. The van der Waals surface area contributed by atoms with E-state index in [2.05, 4.69) is 30.3 Å². The van der Waals surface area contributed by atoms with E-state index in [1.807, 2.05) is 0 Å². The van der Waals surface area contributed by atoms with Gasteiger partial charge in [-0.1, -0.05) is 6.92 Å². The maximum absolute atomic E-state index is 12.4. The quantitative estimate of drug-likeness (QED) is 0.842. The normalized spacial score (nSPS) is 25.6. The third-order valence-corrected chi connectivity index (χ3v) is 4.86. The molecule has 0 unspecified atom stereocenters. The van der Waals surface area contributed by atoms with E-state index in [0.29, 0.717) is 32.6 Å². The van der Waals surface area contributed by atoms with Gasteiger partial charge in [0.25, 0.3) is 0 Å². The van der Waals surface area contributed by atoms with E-state index in [-0.39, 0.29) is 11.3 Å². The fraction of sp³-hybridized carbons (Fsp3) is 0.867. The van der Waals surface area contributed by atoms with Gasteiger partial charge >= 0.3 is 0 Å². The highest BCUT2D eigenvalue weighted by Crippen LogP contribution is 2.32. The molecule has 5 nitrogen and oxygen atoms in total. The van der Waals surface area contributed by atoms with Gasteiger partial charge in [-0.05, 0) is 51.2 Å². The van der Waals surface area contributed by atoms with Gasteiger partial charge in [0.2, 0.25) is 5.91 Å². The number of ether oxygens (including phenoxy) is 1. The summed E-state index contributed by atoms with van der Waals surface area (Å²) in [6, 6.07) is 2.22. The van der Waals surface area contributed by atoms with Gasteiger partial charge in [-0.15, -0.1) is 0 Å². The molecule has 2 aliphatic rings. The van der Waals surface area contributed by atoms with Gasteiger partial charge in [0, 0.05) is 19.8 Å². The van der Waals surface area contributed by atoms with Crippen molar-refractivity contribution in [2.24, 2.45) is 10.8 Å². The van der Waals surface area contributed by atoms with Gasteiger partial charge in [0.1, 0.15) is 5.41 Å². The lowest BCUT2D eigenvalue weighted by Crippen LogP contribution is -2.49. The van der Waals surface area contributed by atoms with Crippen molar-refractivity contribution in [3.63, 3.8) is 0 Å². The Morgan fingerprint density at radius 3 is 2.45 bits per heavy atom. The third-order valence-electron chi connectivity index (χ3n) is 4.86. The average Bonchev–Trinajstić information content (AvgIpc) is 2.49. The van der Waals surface area contributed by atoms with Crippen molar-refractivity contribution >= 4 is 5.91 Å². The summed E-state index contributed by atoms with van der Waals surface area (Å²) in [6.07, 6.45) is 3.20. The van der Waals surface area contributed by atoms with E-state index in [4.69, 9.17) is 4.74 Å². The maximum Gasteiger partial charge on any atom is 0.240 e. The van der Waals surface area contributed by atoms with Gasteiger partial charge in [-0.25, -0.2) is 0 Å². The Morgan fingerprint density at radius 1 is 1.30 bits per heavy atom. The van der Waals surface area contributed by atoms with E-state index >= 15 is 0 Å². The van der Waals surface area contributed by atoms with Crippen LogP contribution in [-0.4, -0.2) is 50.7 Å². The molecule has 2 saturated heterocycles. The molecule has 0 aromatic carbocycles. The number of hydrogen-bond donors (Lipinski definition) is 1. The molecule has 20 heavy (non-hydrogen) atoms. The first-order valence-corrected chi connectivity index (χ1v) is 7.46. The van der Waals surface area contributed by atoms with Crippen LogP contribution in [0, 0.1) is 22.2 Å². The summed E-state index contributed by atoms with van der Waals surface area (Å²) in [5, 5.41) is 12.4. The minimum Gasteiger partial charge on any atom is -0.381 e. The predicted molar refractivity (Wildman–Crippen MR) is 75.9 cm³/mol. The lowest BCUT2D eigenvalue weighted by atomic mass is 9.78. The zero-order valence-corrected chi connectivity index (χ0v) is 12.6. The van der Waals surface area contributed by atoms with Crippen molar-refractivity contribution < 1.29 is 9.53 Å². The maximum atomic E-state index is 12.4. The van der Waals surface area contributed by atoms with Crippen molar-refractivity contribution in [2.45, 2.75) is 32.6 Å². The van der Waals surface area contributed by atoms with Crippen LogP contribution in [0.15, 0.2) is 0 Å². The topological polar surface area (TPSA) is 65.4 Å². The second-order valence-corrected chi connectivity index (χ2v) is 6.60. The van der Waals surface area contributed by atoms with Gasteiger partial charge in [0.05, 0.1) is 6.07 Å². The van der Waals surface area contributed by atoms with Crippen LogP contribution in [0.2, 0.25) is 0 Å². The van der Waals surface area contributed by atoms with Crippen molar-refractivity contribution in [2.75, 3.05) is 39.9 Å². The molecule has 0 aliphatic carbocycles. The SMILES string of the molecule is CN1CCC(C)(CNC(=O)C2(C#N)CCOCC2)CC1. The summed E-state index contributed by atoms with van der Waals surface area (Å²) in [7, 11) is 2.13. The molecule has 0 radical (unpaired) electrons. The fourth-order valence-corrected chi connectivity index (χ4v) is 2.91. The molecule has 0 atom stereocenters. The van der Waals surface area contributed by atoms with E-state index in [1.165, 1.54) is 0 Å². The molecular weight excluding hydrogens is 254 g/mol. The molecule has 2 rings (SSSR count). The molecule has 1 N–H and O–H groups in total. The lowest BCUT2D eigenvalue weighted by Gasteiger charge is -2.39. The van der Waals surface area contributed by atoms with Crippen molar-refractivity contribution in [1.29, 1.82) is 5.26 Å². The molecule has 0 aromatic heterocycles. The molecule has 2 heterocycles. The molecule has 0 aromatic rings. The summed E-state index contributed by atoms with van der Waals surface area (Å²) >= 11 is 0. The highest BCUT2D eigenvalue weighted by molar-refractivity contribution is 5.85. The molecule has 0 spiro atoms. The Labute approximate surface area is 121 Å². The number of rotatable bonds is 3. The first-order chi connectivity index (χ1) is 9.50. The summed E-state index contributed by atoms with van der Waals surface area (Å²) in [5.74, 6) is -0.108. The fourth-order valence-electron chi connectivity index (χ4n) is 2.91. The van der Waals surface area contributed by atoms with E-state index in [1.54, 1.807) is 0 Å². The molecule has 1 amide bonds. The van der Waals surface area contributed by atoms with E-state index < -0.39 is 5.41 Å². The minimum atomic E-state index is -0.875. The number of nitrogens with zero attached hydrogens (tertiary/aromatic N) is 2. The van der Waals surface area contributed by atoms with E-state index in [9.17, 15) is 10.1 Å². The minimum absolute atomic E-state index is 0.108.